The molecule has 2 rings (SSSR count). The van der Waals surface area contributed by atoms with Gasteiger partial charge >= 0.3 is 6.61 Å². The molecule has 3 nitrogen and oxygen atoms in total. The Balaban J connectivity index is 2.65. The molecule has 0 atom stereocenters. The highest BCUT2D eigenvalue weighted by molar-refractivity contribution is 7.71. The Labute approximate surface area is 87.0 Å². The van der Waals surface area contributed by atoms with Crippen LogP contribution >= 0.6 is 12.2 Å². The first-order valence-corrected chi connectivity index (χ1v) is 4.34. The van der Waals surface area contributed by atoms with Gasteiger partial charge in [0.15, 0.2) is 0 Å². The average Bonchev–Trinajstić information content (AvgIpc) is 2.43. The summed E-state index contributed by atoms with van der Waals surface area (Å²) in [6, 6.07) is 3.65. The van der Waals surface area contributed by atoms with Crippen LogP contribution in [0.5, 0.6) is 0 Å². The Kier molecular flexibility index (Phi) is 2.39. The minimum Gasteiger partial charge on any atom is -0.341 e. The molecule has 1 aromatic heterocycles. The van der Waals surface area contributed by atoms with Crippen molar-refractivity contribution in [3.05, 3.63) is 28.8 Å². The topological polar surface area (TPSA) is 29.9 Å². The molecule has 0 amide bonds. The van der Waals surface area contributed by atoms with Crippen molar-refractivity contribution in [1.29, 1.82) is 0 Å². The number of benzene rings is 1. The smallest absolute Gasteiger partial charge is 0.341 e. The molecule has 0 aliphatic carbocycles. The zero-order valence-electron chi connectivity index (χ0n) is 7.21. The molecule has 7 heteroatoms. The van der Waals surface area contributed by atoms with Gasteiger partial charge in [-0.05, 0) is 24.4 Å². The second-order valence-corrected chi connectivity index (χ2v) is 3.14. The number of nitrogens with one attached hydrogen (secondary N) is 1. The second-order valence-electron chi connectivity index (χ2n) is 2.75. The molecule has 15 heavy (non-hydrogen) atoms. The maximum Gasteiger partial charge on any atom is 0.405 e. The van der Waals surface area contributed by atoms with Crippen molar-refractivity contribution in [2.45, 2.75) is 6.61 Å². The largest absolute Gasteiger partial charge is 0.405 e. The van der Waals surface area contributed by atoms with Crippen LogP contribution in [-0.2, 0) is 0 Å². The summed E-state index contributed by atoms with van der Waals surface area (Å²) >= 11 is 4.74. The van der Waals surface area contributed by atoms with Crippen molar-refractivity contribution >= 4 is 23.3 Å². The van der Waals surface area contributed by atoms with Gasteiger partial charge in [-0.3, -0.25) is 0 Å². The lowest BCUT2D eigenvalue weighted by Gasteiger charge is -2.04. The fourth-order valence-electron chi connectivity index (χ4n) is 1.24. The zero-order chi connectivity index (χ0) is 11.0. The summed E-state index contributed by atoms with van der Waals surface area (Å²) in [6.45, 7) is -3.01. The minimum atomic E-state index is -3.01. The molecule has 0 fully saturated rings. The SMILES string of the molecule is Fc1ccc2[nH]c(=S)n(OC(F)F)c2c1. The van der Waals surface area contributed by atoms with Crippen LogP contribution in [0.1, 0.15) is 0 Å². The lowest BCUT2D eigenvalue weighted by Crippen LogP contribution is -2.16. The number of fused-ring (bicyclic) bond motifs is 1. The van der Waals surface area contributed by atoms with E-state index in [1.54, 1.807) is 0 Å². The summed E-state index contributed by atoms with van der Waals surface area (Å²) < 4.78 is 37.5. The molecular weight excluding hydrogens is 229 g/mol. The van der Waals surface area contributed by atoms with Crippen LogP contribution in [0.3, 0.4) is 0 Å². The quantitative estimate of drug-likeness (QED) is 0.809. The molecule has 1 N–H and O–H groups in total. The zero-order valence-corrected chi connectivity index (χ0v) is 8.02. The van der Waals surface area contributed by atoms with Crippen LogP contribution in [0.15, 0.2) is 18.2 Å². The first kappa shape index (κ1) is 10.0. The van der Waals surface area contributed by atoms with E-state index in [9.17, 15) is 13.2 Å². The molecule has 80 valence electrons. The third kappa shape index (κ3) is 1.82. The Morgan fingerprint density at radius 2 is 2.13 bits per heavy atom. The number of alkyl halides is 2. The Hall–Kier alpha value is -1.50. The van der Waals surface area contributed by atoms with Crippen LogP contribution in [0.25, 0.3) is 11.0 Å². The van der Waals surface area contributed by atoms with E-state index in [-0.39, 0.29) is 10.3 Å². The lowest BCUT2D eigenvalue weighted by molar-refractivity contribution is -0.130. The highest BCUT2D eigenvalue weighted by Crippen LogP contribution is 2.15. The number of aromatic nitrogens is 2. The van der Waals surface area contributed by atoms with Gasteiger partial charge < -0.3 is 9.82 Å². The highest BCUT2D eigenvalue weighted by atomic mass is 32.1. The maximum absolute atomic E-state index is 12.9. The third-order valence-corrected chi connectivity index (χ3v) is 2.06. The molecule has 0 aliphatic rings. The number of hydrogen-bond donors (Lipinski definition) is 1. The van der Waals surface area contributed by atoms with Gasteiger partial charge in [-0.15, -0.1) is 4.73 Å². The molecule has 0 bridgehead atoms. The number of hydrogen-bond acceptors (Lipinski definition) is 2. The van der Waals surface area contributed by atoms with Crippen LogP contribution in [0, 0.1) is 10.6 Å². The standard InChI is InChI=1S/C8H5F3N2OS/c9-4-1-2-5-6(3-4)13(8(15)12-5)14-7(10)11/h1-3,7H,(H,12,15). The number of imidazole rings is 1. The van der Waals surface area contributed by atoms with Crippen LogP contribution in [0.4, 0.5) is 13.2 Å². The highest BCUT2D eigenvalue weighted by Gasteiger charge is 2.10. The van der Waals surface area contributed by atoms with E-state index in [4.69, 9.17) is 12.2 Å². The first-order valence-electron chi connectivity index (χ1n) is 3.93. The number of rotatable bonds is 2. The second kappa shape index (κ2) is 3.58. The van der Waals surface area contributed by atoms with Crippen molar-refractivity contribution in [1.82, 2.24) is 9.71 Å². The average molecular weight is 234 g/mol. The summed E-state index contributed by atoms with van der Waals surface area (Å²) in [7, 11) is 0. The number of aromatic amines is 1. The lowest BCUT2D eigenvalue weighted by atomic mass is 10.3. The van der Waals surface area contributed by atoms with Gasteiger partial charge in [0.2, 0.25) is 4.77 Å². The van der Waals surface area contributed by atoms with Crippen molar-refractivity contribution in [2.24, 2.45) is 0 Å². The predicted octanol–water partition coefficient (Wildman–Crippen LogP) is 2.49. The first-order chi connectivity index (χ1) is 7.08. The molecule has 0 aliphatic heterocycles. The normalized spacial score (nSPS) is 11.2. The molecule has 0 radical (unpaired) electrons. The number of halogens is 3. The molecule has 1 heterocycles. The maximum atomic E-state index is 12.9. The predicted molar refractivity (Wildman–Crippen MR) is 49.7 cm³/mol. The molecular formula is C8H5F3N2OS. The van der Waals surface area contributed by atoms with Crippen molar-refractivity contribution in [2.75, 3.05) is 0 Å². The monoisotopic (exact) mass is 234 g/mol. The van der Waals surface area contributed by atoms with E-state index in [2.05, 4.69) is 9.82 Å². The molecule has 1 aromatic carbocycles. The molecule has 0 saturated carbocycles. The minimum absolute atomic E-state index is 0.0455. The van der Waals surface area contributed by atoms with Crippen molar-refractivity contribution in [3.8, 4) is 0 Å². The fraction of sp³-hybridized carbons (Fsp3) is 0.125. The summed E-state index contributed by atoms with van der Waals surface area (Å²) in [6.07, 6.45) is 0. The molecule has 0 unspecified atom stereocenters. The van der Waals surface area contributed by atoms with Crippen LogP contribution in [-0.4, -0.2) is 16.3 Å². The summed E-state index contributed by atoms with van der Waals surface area (Å²) in [5, 5.41) is 0. The van der Waals surface area contributed by atoms with Gasteiger partial charge in [0.05, 0.1) is 5.52 Å². The van der Waals surface area contributed by atoms with E-state index in [0.29, 0.717) is 10.2 Å². The summed E-state index contributed by atoms with van der Waals surface area (Å²) in [5.41, 5.74) is 0.572. The van der Waals surface area contributed by atoms with Crippen LogP contribution < -0.4 is 4.84 Å². The summed E-state index contributed by atoms with van der Waals surface area (Å²) in [4.78, 5) is 6.75. The van der Waals surface area contributed by atoms with E-state index in [0.717, 1.165) is 6.07 Å². The van der Waals surface area contributed by atoms with Gasteiger partial charge in [-0.1, -0.05) is 0 Å². The Morgan fingerprint density at radius 3 is 2.80 bits per heavy atom. The van der Waals surface area contributed by atoms with Gasteiger partial charge in [-0.25, -0.2) is 4.39 Å². The molecule has 0 spiro atoms. The Morgan fingerprint density at radius 1 is 1.40 bits per heavy atom. The van der Waals surface area contributed by atoms with Gasteiger partial charge in [0, 0.05) is 6.07 Å². The third-order valence-electron chi connectivity index (χ3n) is 1.79. The van der Waals surface area contributed by atoms with Crippen molar-refractivity contribution in [3.63, 3.8) is 0 Å². The summed E-state index contributed by atoms with van der Waals surface area (Å²) in [5.74, 6) is -0.553. The number of H-pyrrole nitrogens is 1. The molecule has 0 saturated heterocycles. The van der Waals surface area contributed by atoms with Gasteiger partial charge in [0.25, 0.3) is 0 Å². The van der Waals surface area contributed by atoms with E-state index < -0.39 is 12.4 Å². The van der Waals surface area contributed by atoms with Crippen LogP contribution in [0.2, 0.25) is 0 Å². The number of nitrogens with zero attached hydrogens (tertiary/aromatic N) is 1. The van der Waals surface area contributed by atoms with E-state index in [1.807, 2.05) is 0 Å². The van der Waals surface area contributed by atoms with E-state index in [1.165, 1.54) is 12.1 Å². The van der Waals surface area contributed by atoms with Gasteiger partial charge in [0.1, 0.15) is 11.3 Å². The fourth-order valence-corrected chi connectivity index (χ4v) is 1.49. The molecule has 2 aromatic rings. The van der Waals surface area contributed by atoms with Crippen molar-refractivity contribution < 1.29 is 18.0 Å². The Bertz CT molecular complexity index is 548. The van der Waals surface area contributed by atoms with E-state index >= 15 is 0 Å². The van der Waals surface area contributed by atoms with Gasteiger partial charge in [-0.2, -0.15) is 8.78 Å².